The van der Waals surface area contributed by atoms with Crippen LogP contribution in [0.2, 0.25) is 0 Å². The number of hydrogen-bond donors (Lipinski definition) is 1. The van der Waals surface area contributed by atoms with E-state index in [2.05, 4.69) is 5.32 Å². The van der Waals surface area contributed by atoms with Crippen molar-refractivity contribution in [2.75, 3.05) is 40.2 Å². The summed E-state index contributed by atoms with van der Waals surface area (Å²) in [5.41, 5.74) is 0.929. The Labute approximate surface area is 163 Å². The van der Waals surface area contributed by atoms with Gasteiger partial charge in [-0.15, -0.1) is 11.8 Å². The molecule has 0 radical (unpaired) electrons. The van der Waals surface area contributed by atoms with E-state index in [0.717, 1.165) is 18.4 Å². The lowest BCUT2D eigenvalue weighted by atomic mass is 10.1. The van der Waals surface area contributed by atoms with Gasteiger partial charge in [0.25, 0.3) is 0 Å². The standard InChI is InChI=1S/C19H26N2O5S/c1-24-9-8-20-17(22)14-11-27-19(21(14)18(23)12-4-5-12)13-6-7-15(25-2)16(10-13)26-3/h6-7,10,12,14,19H,4-5,8-9,11H2,1-3H3,(H,20,22). The van der Waals surface area contributed by atoms with Gasteiger partial charge in [-0.2, -0.15) is 0 Å². The molecule has 1 saturated heterocycles. The van der Waals surface area contributed by atoms with Gasteiger partial charge in [0.1, 0.15) is 11.4 Å². The molecule has 0 aromatic heterocycles. The number of carbonyl (C=O) groups is 2. The van der Waals surface area contributed by atoms with Crippen LogP contribution in [0.3, 0.4) is 0 Å². The number of ether oxygens (including phenoxy) is 3. The molecule has 148 valence electrons. The number of nitrogens with zero attached hydrogens (tertiary/aromatic N) is 1. The zero-order chi connectivity index (χ0) is 19.4. The Balaban J connectivity index is 1.83. The molecule has 2 fully saturated rings. The molecule has 1 aromatic rings. The lowest BCUT2D eigenvalue weighted by Crippen LogP contribution is -2.49. The highest BCUT2D eigenvalue weighted by Crippen LogP contribution is 2.46. The Morgan fingerprint density at radius 2 is 1.93 bits per heavy atom. The molecule has 3 rings (SSSR count). The fourth-order valence-electron chi connectivity index (χ4n) is 3.18. The van der Waals surface area contributed by atoms with Gasteiger partial charge in [0.2, 0.25) is 11.8 Å². The number of carbonyl (C=O) groups excluding carboxylic acids is 2. The van der Waals surface area contributed by atoms with Crippen LogP contribution in [0.5, 0.6) is 11.5 Å². The topological polar surface area (TPSA) is 77.1 Å². The second-order valence-electron chi connectivity index (χ2n) is 6.62. The molecule has 8 heteroatoms. The summed E-state index contributed by atoms with van der Waals surface area (Å²) in [5.74, 6) is 1.79. The number of methoxy groups -OCH3 is 3. The fourth-order valence-corrected chi connectivity index (χ4v) is 4.60. The molecule has 1 aliphatic carbocycles. The predicted molar refractivity (Wildman–Crippen MR) is 103 cm³/mol. The van der Waals surface area contributed by atoms with E-state index in [1.807, 2.05) is 18.2 Å². The molecular formula is C19H26N2O5S. The van der Waals surface area contributed by atoms with E-state index in [4.69, 9.17) is 14.2 Å². The van der Waals surface area contributed by atoms with Crippen molar-refractivity contribution in [2.24, 2.45) is 5.92 Å². The second-order valence-corrected chi connectivity index (χ2v) is 7.73. The van der Waals surface area contributed by atoms with Gasteiger partial charge >= 0.3 is 0 Å². The molecule has 2 amide bonds. The normalized spacial score (nSPS) is 21.8. The SMILES string of the molecule is COCCNC(=O)C1CSC(c2ccc(OC)c(OC)c2)N1C(=O)C1CC1. The van der Waals surface area contributed by atoms with Gasteiger partial charge in [-0.3, -0.25) is 9.59 Å². The lowest BCUT2D eigenvalue weighted by Gasteiger charge is -2.29. The summed E-state index contributed by atoms with van der Waals surface area (Å²) in [6, 6.07) is 5.17. The van der Waals surface area contributed by atoms with Crippen LogP contribution in [0.25, 0.3) is 0 Å². The van der Waals surface area contributed by atoms with Crippen LogP contribution in [0.1, 0.15) is 23.8 Å². The zero-order valence-corrected chi connectivity index (χ0v) is 16.7. The van der Waals surface area contributed by atoms with Gasteiger partial charge in [-0.05, 0) is 30.5 Å². The summed E-state index contributed by atoms with van der Waals surface area (Å²) in [6.07, 6.45) is 1.80. The summed E-state index contributed by atoms with van der Waals surface area (Å²) >= 11 is 1.60. The maximum absolute atomic E-state index is 13.0. The maximum atomic E-state index is 13.0. The highest BCUT2D eigenvalue weighted by atomic mass is 32.2. The largest absolute Gasteiger partial charge is 0.493 e. The first-order chi connectivity index (χ1) is 13.1. The first-order valence-electron chi connectivity index (χ1n) is 9.03. The van der Waals surface area contributed by atoms with E-state index >= 15 is 0 Å². The molecule has 2 unspecified atom stereocenters. The van der Waals surface area contributed by atoms with Gasteiger partial charge < -0.3 is 24.4 Å². The van der Waals surface area contributed by atoms with Gasteiger partial charge in [0.15, 0.2) is 11.5 Å². The third-order valence-electron chi connectivity index (χ3n) is 4.78. The minimum absolute atomic E-state index is 0.0422. The first kappa shape index (κ1) is 19.8. The number of nitrogens with one attached hydrogen (secondary N) is 1. The van der Waals surface area contributed by atoms with Crippen LogP contribution in [-0.4, -0.2) is 63.0 Å². The molecule has 1 aliphatic heterocycles. The number of benzene rings is 1. The van der Waals surface area contributed by atoms with E-state index in [0.29, 0.717) is 30.4 Å². The molecule has 27 heavy (non-hydrogen) atoms. The highest BCUT2D eigenvalue weighted by Gasteiger charge is 2.46. The summed E-state index contributed by atoms with van der Waals surface area (Å²) < 4.78 is 15.7. The molecule has 1 aromatic carbocycles. The molecule has 0 bridgehead atoms. The third-order valence-corrected chi connectivity index (χ3v) is 6.11. The van der Waals surface area contributed by atoms with Crippen molar-refractivity contribution in [1.29, 1.82) is 0 Å². The number of rotatable bonds is 8. The predicted octanol–water partition coefficient (Wildman–Crippen LogP) is 1.82. The lowest BCUT2D eigenvalue weighted by molar-refractivity contribution is -0.140. The summed E-state index contributed by atoms with van der Waals surface area (Å²) in [7, 11) is 4.77. The molecule has 7 nitrogen and oxygen atoms in total. The minimum atomic E-state index is -0.474. The van der Waals surface area contributed by atoms with Crippen LogP contribution in [-0.2, 0) is 14.3 Å². The number of amides is 2. The zero-order valence-electron chi connectivity index (χ0n) is 15.9. The summed E-state index contributed by atoms with van der Waals surface area (Å²) in [5, 5.41) is 2.65. The summed E-state index contributed by atoms with van der Waals surface area (Å²) in [4.78, 5) is 27.4. The van der Waals surface area contributed by atoms with Gasteiger partial charge in [-0.25, -0.2) is 0 Å². The second kappa shape index (κ2) is 8.84. The van der Waals surface area contributed by atoms with Crippen molar-refractivity contribution in [3.8, 4) is 11.5 Å². The van der Waals surface area contributed by atoms with Gasteiger partial charge in [0.05, 0.1) is 20.8 Å². The molecule has 2 aliphatic rings. The van der Waals surface area contributed by atoms with E-state index in [9.17, 15) is 9.59 Å². The number of hydrogen-bond acceptors (Lipinski definition) is 6. The fraction of sp³-hybridized carbons (Fsp3) is 0.579. The van der Waals surface area contributed by atoms with E-state index < -0.39 is 6.04 Å². The quantitative estimate of drug-likeness (QED) is 0.678. The average molecular weight is 394 g/mol. The molecule has 0 spiro atoms. The average Bonchev–Trinajstić information content (AvgIpc) is 3.45. The highest BCUT2D eigenvalue weighted by molar-refractivity contribution is 7.99. The van der Waals surface area contributed by atoms with Crippen LogP contribution >= 0.6 is 11.8 Å². The van der Waals surface area contributed by atoms with Crippen molar-refractivity contribution >= 4 is 23.6 Å². The molecule has 1 saturated carbocycles. The monoisotopic (exact) mass is 394 g/mol. The molecule has 1 heterocycles. The maximum Gasteiger partial charge on any atom is 0.243 e. The van der Waals surface area contributed by atoms with Crippen LogP contribution in [0, 0.1) is 5.92 Å². The van der Waals surface area contributed by atoms with Gasteiger partial charge in [0, 0.05) is 25.3 Å². The first-order valence-corrected chi connectivity index (χ1v) is 10.1. The van der Waals surface area contributed by atoms with Crippen LogP contribution in [0.4, 0.5) is 0 Å². The Bertz CT molecular complexity index is 695. The van der Waals surface area contributed by atoms with E-state index in [1.165, 1.54) is 0 Å². The van der Waals surface area contributed by atoms with Crippen molar-refractivity contribution in [2.45, 2.75) is 24.3 Å². The molecule has 1 N–H and O–H groups in total. The van der Waals surface area contributed by atoms with Crippen molar-refractivity contribution in [3.05, 3.63) is 23.8 Å². The van der Waals surface area contributed by atoms with Crippen molar-refractivity contribution in [1.82, 2.24) is 10.2 Å². The van der Waals surface area contributed by atoms with Crippen LogP contribution in [0.15, 0.2) is 18.2 Å². The molecular weight excluding hydrogens is 368 g/mol. The number of thioether (sulfide) groups is 1. The van der Waals surface area contributed by atoms with E-state index in [1.54, 1.807) is 38.0 Å². The van der Waals surface area contributed by atoms with Crippen molar-refractivity contribution in [3.63, 3.8) is 0 Å². The molecule has 2 atom stereocenters. The Kier molecular flexibility index (Phi) is 6.49. The Morgan fingerprint density at radius 1 is 1.19 bits per heavy atom. The summed E-state index contributed by atoms with van der Waals surface area (Å²) in [6.45, 7) is 0.879. The Hall–Kier alpha value is -1.93. The third kappa shape index (κ3) is 4.32. The minimum Gasteiger partial charge on any atom is -0.493 e. The van der Waals surface area contributed by atoms with Crippen LogP contribution < -0.4 is 14.8 Å². The smallest absolute Gasteiger partial charge is 0.243 e. The van der Waals surface area contributed by atoms with Crippen molar-refractivity contribution < 1.29 is 23.8 Å². The van der Waals surface area contributed by atoms with Gasteiger partial charge in [-0.1, -0.05) is 6.07 Å². The van der Waals surface area contributed by atoms with E-state index in [-0.39, 0.29) is 23.1 Å². The Morgan fingerprint density at radius 3 is 2.56 bits per heavy atom.